The average molecular weight is 253 g/mol. The predicted molar refractivity (Wildman–Crippen MR) is 75.3 cm³/mol. The molecule has 1 heterocycles. The van der Waals surface area contributed by atoms with Crippen molar-refractivity contribution in [3.63, 3.8) is 0 Å². The van der Waals surface area contributed by atoms with Gasteiger partial charge in [0.15, 0.2) is 0 Å². The Bertz CT molecular complexity index is 365. The number of rotatable bonds is 2. The largest absolute Gasteiger partial charge is 0.313 e. The van der Waals surface area contributed by atoms with E-state index in [0.29, 0.717) is 12.0 Å². The van der Waals surface area contributed by atoms with Gasteiger partial charge in [0, 0.05) is 16.7 Å². The highest BCUT2D eigenvalue weighted by atomic mass is 32.2. The Hall–Kier alpha value is -0.120. The van der Waals surface area contributed by atoms with Gasteiger partial charge < -0.3 is 5.32 Å². The minimum absolute atomic E-state index is 0.511. The molecule has 1 aliphatic rings. The molecule has 0 amide bonds. The van der Waals surface area contributed by atoms with E-state index in [2.05, 4.69) is 55.5 Å². The van der Waals surface area contributed by atoms with Crippen molar-refractivity contribution >= 4 is 23.5 Å². The molecular formula is C13H19NS2. The minimum atomic E-state index is 0.511. The van der Waals surface area contributed by atoms with Gasteiger partial charge in [-0.15, -0.1) is 11.8 Å². The van der Waals surface area contributed by atoms with Crippen molar-refractivity contribution in [2.75, 3.05) is 19.1 Å². The molecule has 0 saturated carbocycles. The van der Waals surface area contributed by atoms with E-state index in [-0.39, 0.29) is 0 Å². The fourth-order valence-electron chi connectivity index (χ4n) is 2.32. The Morgan fingerprint density at radius 1 is 1.44 bits per heavy atom. The van der Waals surface area contributed by atoms with Crippen molar-refractivity contribution < 1.29 is 0 Å². The second-order valence-corrected chi connectivity index (χ2v) is 6.23. The summed E-state index contributed by atoms with van der Waals surface area (Å²) in [5.41, 5.74) is 3.01. The zero-order valence-electron chi connectivity index (χ0n) is 10.1. The van der Waals surface area contributed by atoms with E-state index in [1.54, 1.807) is 0 Å². The van der Waals surface area contributed by atoms with Crippen LogP contribution >= 0.6 is 23.5 Å². The normalized spacial score (nSPS) is 24.9. The monoisotopic (exact) mass is 253 g/mol. The molecule has 0 spiro atoms. The Balaban J connectivity index is 2.42. The number of benzene rings is 1. The molecule has 0 radical (unpaired) electrons. The lowest BCUT2D eigenvalue weighted by atomic mass is 9.93. The maximum absolute atomic E-state index is 3.48. The Morgan fingerprint density at radius 2 is 2.25 bits per heavy atom. The predicted octanol–water partition coefficient (Wildman–Crippen LogP) is 3.55. The summed E-state index contributed by atoms with van der Waals surface area (Å²) < 4.78 is 0. The van der Waals surface area contributed by atoms with Gasteiger partial charge in [-0.05, 0) is 48.2 Å². The number of hydrogen-bond donors (Lipinski definition) is 1. The maximum atomic E-state index is 3.48. The number of hydrogen-bond acceptors (Lipinski definition) is 3. The molecule has 2 unspecified atom stereocenters. The van der Waals surface area contributed by atoms with E-state index in [4.69, 9.17) is 0 Å². The fourth-order valence-corrected chi connectivity index (χ4v) is 3.93. The molecule has 88 valence electrons. The van der Waals surface area contributed by atoms with E-state index >= 15 is 0 Å². The van der Waals surface area contributed by atoms with Gasteiger partial charge >= 0.3 is 0 Å². The van der Waals surface area contributed by atoms with E-state index < -0.39 is 0 Å². The Morgan fingerprint density at radius 3 is 2.94 bits per heavy atom. The molecule has 2 rings (SSSR count). The van der Waals surface area contributed by atoms with Gasteiger partial charge in [-0.25, -0.2) is 0 Å². The summed E-state index contributed by atoms with van der Waals surface area (Å²) in [5, 5.41) is 3.48. The molecule has 0 aromatic heterocycles. The van der Waals surface area contributed by atoms with Crippen LogP contribution in [0.25, 0.3) is 0 Å². The molecule has 1 N–H and O–H groups in total. The van der Waals surface area contributed by atoms with Crippen LogP contribution in [0.5, 0.6) is 0 Å². The average Bonchev–Trinajstić information content (AvgIpc) is 2.46. The standard InChI is InChI=1S/C13H19NS2/c1-9-7-16-8-10-4-5-11(15-3)6-12(10)13(9)14-2/h4-6,9,13-14H,7-8H2,1-3H3. The van der Waals surface area contributed by atoms with Crippen LogP contribution in [0.3, 0.4) is 0 Å². The van der Waals surface area contributed by atoms with Gasteiger partial charge in [-0.2, -0.15) is 11.8 Å². The molecular weight excluding hydrogens is 234 g/mol. The third-order valence-corrected chi connectivity index (χ3v) is 5.21. The van der Waals surface area contributed by atoms with Crippen LogP contribution < -0.4 is 5.32 Å². The summed E-state index contributed by atoms with van der Waals surface area (Å²) >= 11 is 3.88. The van der Waals surface area contributed by atoms with Crippen molar-refractivity contribution in [1.29, 1.82) is 0 Å². The topological polar surface area (TPSA) is 12.0 Å². The smallest absolute Gasteiger partial charge is 0.0354 e. The summed E-state index contributed by atoms with van der Waals surface area (Å²) in [7, 11) is 2.08. The first-order valence-corrected chi connectivity index (χ1v) is 8.06. The molecule has 2 atom stereocenters. The van der Waals surface area contributed by atoms with Crippen molar-refractivity contribution in [3.8, 4) is 0 Å². The Kier molecular flexibility index (Phi) is 4.22. The van der Waals surface area contributed by atoms with Crippen LogP contribution in [-0.4, -0.2) is 19.1 Å². The lowest BCUT2D eigenvalue weighted by Gasteiger charge is -2.23. The van der Waals surface area contributed by atoms with Crippen LogP contribution in [-0.2, 0) is 5.75 Å². The molecule has 0 saturated heterocycles. The van der Waals surface area contributed by atoms with Gasteiger partial charge in [0.1, 0.15) is 0 Å². The first kappa shape index (κ1) is 12.3. The third-order valence-electron chi connectivity index (χ3n) is 3.21. The Labute approximate surface area is 107 Å². The number of thioether (sulfide) groups is 2. The van der Waals surface area contributed by atoms with Crippen LogP contribution in [0.15, 0.2) is 23.1 Å². The van der Waals surface area contributed by atoms with E-state index in [0.717, 1.165) is 5.75 Å². The zero-order valence-corrected chi connectivity index (χ0v) is 11.8. The second kappa shape index (κ2) is 5.48. The van der Waals surface area contributed by atoms with Crippen molar-refractivity contribution in [2.45, 2.75) is 23.6 Å². The summed E-state index contributed by atoms with van der Waals surface area (Å²) in [4.78, 5) is 1.37. The molecule has 0 fully saturated rings. The summed E-state index contributed by atoms with van der Waals surface area (Å²) in [6.07, 6.45) is 2.14. The van der Waals surface area contributed by atoms with Gasteiger partial charge in [0.2, 0.25) is 0 Å². The fraction of sp³-hybridized carbons (Fsp3) is 0.538. The summed E-state index contributed by atoms with van der Waals surface area (Å²) in [6.45, 7) is 2.34. The van der Waals surface area contributed by atoms with Crippen LogP contribution in [0.2, 0.25) is 0 Å². The van der Waals surface area contributed by atoms with Crippen LogP contribution in [0, 0.1) is 5.92 Å². The maximum Gasteiger partial charge on any atom is 0.0354 e. The van der Waals surface area contributed by atoms with Gasteiger partial charge in [-0.3, -0.25) is 0 Å². The van der Waals surface area contributed by atoms with E-state index in [1.165, 1.54) is 21.8 Å². The molecule has 16 heavy (non-hydrogen) atoms. The van der Waals surface area contributed by atoms with Gasteiger partial charge in [0.05, 0.1) is 0 Å². The molecule has 1 aromatic carbocycles. The molecule has 1 aliphatic heterocycles. The van der Waals surface area contributed by atoms with E-state index in [9.17, 15) is 0 Å². The summed E-state index contributed by atoms with van der Waals surface area (Å²) in [6, 6.07) is 7.42. The molecule has 1 aromatic rings. The van der Waals surface area contributed by atoms with E-state index in [1.807, 2.05) is 11.8 Å². The molecule has 0 bridgehead atoms. The lowest BCUT2D eigenvalue weighted by molar-refractivity contribution is 0.450. The SMILES string of the molecule is CNC1c2cc(SC)ccc2CSCC1C. The van der Waals surface area contributed by atoms with Gasteiger partial charge in [0.25, 0.3) is 0 Å². The zero-order chi connectivity index (χ0) is 11.5. The highest BCUT2D eigenvalue weighted by Crippen LogP contribution is 2.35. The number of fused-ring (bicyclic) bond motifs is 1. The van der Waals surface area contributed by atoms with Crippen LogP contribution in [0.4, 0.5) is 0 Å². The van der Waals surface area contributed by atoms with Crippen molar-refractivity contribution in [2.24, 2.45) is 5.92 Å². The lowest BCUT2D eigenvalue weighted by Crippen LogP contribution is -2.24. The molecule has 3 heteroatoms. The van der Waals surface area contributed by atoms with Crippen molar-refractivity contribution in [3.05, 3.63) is 29.3 Å². The van der Waals surface area contributed by atoms with Crippen LogP contribution in [0.1, 0.15) is 24.1 Å². The summed E-state index contributed by atoms with van der Waals surface area (Å²) in [5.74, 6) is 3.11. The quantitative estimate of drug-likeness (QED) is 0.810. The first-order chi connectivity index (χ1) is 7.76. The minimum Gasteiger partial charge on any atom is -0.313 e. The highest BCUT2D eigenvalue weighted by molar-refractivity contribution is 7.98. The second-order valence-electron chi connectivity index (χ2n) is 4.32. The molecule has 0 aliphatic carbocycles. The number of nitrogens with one attached hydrogen (secondary N) is 1. The van der Waals surface area contributed by atoms with Gasteiger partial charge in [-0.1, -0.05) is 13.0 Å². The van der Waals surface area contributed by atoms with Crippen molar-refractivity contribution in [1.82, 2.24) is 5.32 Å². The molecule has 1 nitrogen and oxygen atoms in total. The first-order valence-electron chi connectivity index (χ1n) is 5.68. The highest BCUT2D eigenvalue weighted by Gasteiger charge is 2.23. The third kappa shape index (κ3) is 2.41.